The molecule has 0 bridgehead atoms. The lowest BCUT2D eigenvalue weighted by Gasteiger charge is -2.43. The third-order valence-corrected chi connectivity index (χ3v) is 7.22. The lowest BCUT2D eigenvalue weighted by Crippen LogP contribution is -2.51. The maximum Gasteiger partial charge on any atom is 0.258 e. The summed E-state index contributed by atoms with van der Waals surface area (Å²) in [6.07, 6.45) is 2.85. The molecule has 4 rings (SSSR count). The summed E-state index contributed by atoms with van der Waals surface area (Å²) >= 11 is 0. The number of rotatable bonds is 4. The van der Waals surface area contributed by atoms with E-state index in [0.29, 0.717) is 43.0 Å². The molecule has 166 valence electrons. The first-order chi connectivity index (χ1) is 14.6. The van der Waals surface area contributed by atoms with Crippen molar-refractivity contribution in [1.29, 1.82) is 0 Å². The van der Waals surface area contributed by atoms with Crippen molar-refractivity contribution in [2.75, 3.05) is 25.4 Å². The number of hydrogen-bond acceptors (Lipinski definition) is 7. The highest BCUT2D eigenvalue weighted by molar-refractivity contribution is 7.94. The molecule has 1 N–H and O–H groups in total. The molecule has 1 aromatic carbocycles. The average molecular weight is 448 g/mol. The Morgan fingerprint density at radius 1 is 1.29 bits per heavy atom. The van der Waals surface area contributed by atoms with Gasteiger partial charge in [-0.1, -0.05) is 0 Å². The van der Waals surface area contributed by atoms with Crippen LogP contribution in [0.5, 0.6) is 11.5 Å². The zero-order valence-electron chi connectivity index (χ0n) is 17.1. The molecule has 3 aliphatic heterocycles. The van der Waals surface area contributed by atoms with Crippen LogP contribution in [0.15, 0.2) is 29.7 Å². The molecule has 1 saturated heterocycles. The maximum atomic E-state index is 12.7. The number of ketones is 1. The van der Waals surface area contributed by atoms with Crippen molar-refractivity contribution in [1.82, 2.24) is 10.2 Å². The third kappa shape index (κ3) is 4.73. The van der Waals surface area contributed by atoms with Gasteiger partial charge in [0, 0.05) is 44.3 Å². The summed E-state index contributed by atoms with van der Waals surface area (Å²) < 4.78 is 34.6. The second-order valence-electron chi connectivity index (χ2n) is 8.17. The van der Waals surface area contributed by atoms with Crippen LogP contribution in [0.4, 0.5) is 0 Å². The van der Waals surface area contributed by atoms with Crippen LogP contribution in [0.1, 0.15) is 36.5 Å². The first-order valence-electron chi connectivity index (χ1n) is 10.1. The molecule has 3 aliphatic rings. The van der Waals surface area contributed by atoms with Gasteiger partial charge < -0.3 is 19.7 Å². The molecule has 31 heavy (non-hydrogen) atoms. The number of Topliss-reactive ketones (excluding diaryl/α,β-unsaturated/α-hetero) is 1. The molecule has 1 fully saturated rings. The zero-order chi connectivity index (χ0) is 22.2. The molecule has 3 heterocycles. The SMILES string of the molecule is CC(=O)N1CCC2(CC1)CC(=O)c1ccc(OCC(=O)NC3C=CS(=O)(=O)C3)cc1O2. The highest BCUT2D eigenvalue weighted by Crippen LogP contribution is 2.40. The molecule has 9 nitrogen and oxygen atoms in total. The molecule has 0 aromatic heterocycles. The van der Waals surface area contributed by atoms with E-state index >= 15 is 0 Å². The predicted molar refractivity (Wildman–Crippen MR) is 111 cm³/mol. The number of ether oxygens (including phenoxy) is 2. The van der Waals surface area contributed by atoms with E-state index in [1.807, 2.05) is 0 Å². The number of piperidine rings is 1. The lowest BCUT2D eigenvalue weighted by atomic mass is 9.82. The van der Waals surface area contributed by atoms with Crippen LogP contribution in [0.3, 0.4) is 0 Å². The molecule has 1 unspecified atom stereocenters. The predicted octanol–water partition coefficient (Wildman–Crippen LogP) is 0.839. The van der Waals surface area contributed by atoms with Gasteiger partial charge in [-0.3, -0.25) is 14.4 Å². The normalized spacial score (nSPS) is 23.2. The summed E-state index contributed by atoms with van der Waals surface area (Å²) in [5.74, 6) is 0.170. The average Bonchev–Trinajstić information content (AvgIpc) is 3.04. The van der Waals surface area contributed by atoms with Gasteiger partial charge in [-0.2, -0.15) is 0 Å². The van der Waals surface area contributed by atoms with Gasteiger partial charge in [0.25, 0.3) is 5.91 Å². The number of likely N-dealkylation sites (tertiary alicyclic amines) is 1. The number of benzene rings is 1. The van der Waals surface area contributed by atoms with E-state index in [1.54, 1.807) is 23.1 Å². The second kappa shape index (κ2) is 7.99. The standard InChI is InChI=1S/C21H24N2O7S/c1-14(24)23-7-5-21(6-8-23)11-18(25)17-3-2-16(10-19(17)30-21)29-12-20(26)22-15-4-9-31(27,28)13-15/h2-4,9-10,15H,5-8,11-13H2,1H3,(H,22,26). The topological polar surface area (TPSA) is 119 Å². The van der Waals surface area contributed by atoms with Crippen molar-refractivity contribution in [2.45, 2.75) is 37.8 Å². The summed E-state index contributed by atoms with van der Waals surface area (Å²) in [6.45, 7) is 2.32. The highest BCUT2D eigenvalue weighted by atomic mass is 32.2. The number of nitrogens with zero attached hydrogens (tertiary/aromatic N) is 1. The van der Waals surface area contributed by atoms with E-state index in [1.165, 1.54) is 13.0 Å². The Kier molecular flexibility index (Phi) is 5.50. The van der Waals surface area contributed by atoms with Crippen molar-refractivity contribution >= 4 is 27.4 Å². The Hall–Kier alpha value is -2.88. The van der Waals surface area contributed by atoms with Gasteiger partial charge in [0.15, 0.2) is 22.2 Å². The van der Waals surface area contributed by atoms with Gasteiger partial charge in [-0.25, -0.2) is 8.42 Å². The fourth-order valence-electron chi connectivity index (χ4n) is 4.14. The smallest absolute Gasteiger partial charge is 0.258 e. The fraction of sp³-hybridized carbons (Fsp3) is 0.476. The van der Waals surface area contributed by atoms with Crippen molar-refractivity contribution in [3.63, 3.8) is 0 Å². The molecular weight excluding hydrogens is 424 g/mol. The lowest BCUT2D eigenvalue weighted by molar-refractivity contribution is -0.132. The Bertz CT molecular complexity index is 1060. The van der Waals surface area contributed by atoms with E-state index < -0.39 is 27.4 Å². The fourth-order valence-corrected chi connectivity index (χ4v) is 5.37. The first-order valence-corrected chi connectivity index (χ1v) is 11.8. The number of carbonyl (C=O) groups excluding carboxylic acids is 3. The number of sulfone groups is 1. The summed E-state index contributed by atoms with van der Waals surface area (Å²) in [5.41, 5.74) is -0.162. The Morgan fingerprint density at radius 2 is 2.03 bits per heavy atom. The molecule has 0 aliphatic carbocycles. The number of nitrogens with one attached hydrogen (secondary N) is 1. The second-order valence-corrected chi connectivity index (χ2v) is 10.1. The molecule has 0 radical (unpaired) electrons. The van der Waals surface area contributed by atoms with Crippen LogP contribution >= 0.6 is 0 Å². The van der Waals surface area contributed by atoms with Crippen molar-refractivity contribution in [3.8, 4) is 11.5 Å². The Labute approximate surface area is 180 Å². The van der Waals surface area contributed by atoms with Crippen LogP contribution in [-0.4, -0.2) is 68.0 Å². The molecule has 1 atom stereocenters. The number of fused-ring (bicyclic) bond motifs is 1. The van der Waals surface area contributed by atoms with Crippen LogP contribution in [0.25, 0.3) is 0 Å². The molecule has 1 aromatic rings. The Balaban J connectivity index is 1.38. The van der Waals surface area contributed by atoms with Gasteiger partial charge in [0.2, 0.25) is 5.91 Å². The van der Waals surface area contributed by atoms with Gasteiger partial charge in [0.05, 0.1) is 23.8 Å². The van der Waals surface area contributed by atoms with E-state index in [9.17, 15) is 22.8 Å². The first kappa shape index (κ1) is 21.4. The van der Waals surface area contributed by atoms with E-state index in [4.69, 9.17) is 9.47 Å². The zero-order valence-corrected chi connectivity index (χ0v) is 17.9. The molecule has 2 amide bonds. The summed E-state index contributed by atoms with van der Waals surface area (Å²) in [5, 5.41) is 3.68. The van der Waals surface area contributed by atoms with Gasteiger partial charge >= 0.3 is 0 Å². The van der Waals surface area contributed by atoms with Gasteiger partial charge in [-0.15, -0.1) is 0 Å². The molecule has 0 saturated carbocycles. The largest absolute Gasteiger partial charge is 0.486 e. The van der Waals surface area contributed by atoms with Crippen LogP contribution in [0.2, 0.25) is 0 Å². The van der Waals surface area contributed by atoms with Crippen molar-refractivity contribution < 1.29 is 32.3 Å². The highest BCUT2D eigenvalue weighted by Gasteiger charge is 2.43. The van der Waals surface area contributed by atoms with Gasteiger partial charge in [0.1, 0.15) is 17.1 Å². The minimum Gasteiger partial charge on any atom is -0.486 e. The van der Waals surface area contributed by atoms with Gasteiger partial charge in [-0.05, 0) is 18.2 Å². The van der Waals surface area contributed by atoms with Crippen LogP contribution in [-0.2, 0) is 19.4 Å². The Morgan fingerprint density at radius 3 is 2.68 bits per heavy atom. The van der Waals surface area contributed by atoms with Crippen LogP contribution < -0.4 is 14.8 Å². The van der Waals surface area contributed by atoms with Crippen LogP contribution in [0, 0.1) is 0 Å². The third-order valence-electron chi connectivity index (χ3n) is 5.83. The van der Waals surface area contributed by atoms with E-state index in [0.717, 1.165) is 5.41 Å². The molecular formula is C21H24N2O7S. The number of amides is 2. The minimum absolute atomic E-state index is 0.0112. The summed E-state index contributed by atoms with van der Waals surface area (Å²) in [4.78, 5) is 38.1. The summed E-state index contributed by atoms with van der Waals surface area (Å²) in [7, 11) is -3.25. The number of hydrogen-bond donors (Lipinski definition) is 1. The van der Waals surface area contributed by atoms with E-state index in [2.05, 4.69) is 5.32 Å². The number of carbonyl (C=O) groups is 3. The maximum absolute atomic E-state index is 12.7. The van der Waals surface area contributed by atoms with Crippen molar-refractivity contribution in [3.05, 3.63) is 35.2 Å². The monoisotopic (exact) mass is 448 g/mol. The minimum atomic E-state index is -3.25. The molecule has 1 spiro atoms. The van der Waals surface area contributed by atoms with E-state index in [-0.39, 0.29) is 30.5 Å². The molecule has 10 heteroatoms. The summed E-state index contributed by atoms with van der Waals surface area (Å²) in [6, 6.07) is 4.25. The quantitative estimate of drug-likeness (QED) is 0.725. The van der Waals surface area contributed by atoms with Crippen molar-refractivity contribution in [2.24, 2.45) is 0 Å².